The molecule has 1 aromatic carbocycles. The lowest BCUT2D eigenvalue weighted by Crippen LogP contribution is -2.17. The number of hydrogen-bond acceptors (Lipinski definition) is 3. The molecule has 0 aliphatic rings. The van der Waals surface area contributed by atoms with Gasteiger partial charge in [0, 0.05) is 19.8 Å². The normalized spacial score (nSPS) is 11.9. The van der Waals surface area contributed by atoms with Gasteiger partial charge >= 0.3 is 0 Å². The Kier molecular flexibility index (Phi) is 5.10. The van der Waals surface area contributed by atoms with Crippen LogP contribution in [0.2, 0.25) is 5.02 Å². The van der Waals surface area contributed by atoms with Crippen molar-refractivity contribution < 1.29 is 4.74 Å². The third-order valence-electron chi connectivity index (χ3n) is 2.25. The zero-order valence-electron chi connectivity index (χ0n) is 9.46. The van der Waals surface area contributed by atoms with Crippen LogP contribution in [0, 0.1) is 11.3 Å². The number of hydrogen-bond donors (Lipinski definition) is 1. The Labute approximate surface area is 101 Å². The van der Waals surface area contributed by atoms with E-state index in [4.69, 9.17) is 21.6 Å². The summed E-state index contributed by atoms with van der Waals surface area (Å²) in [4.78, 5) is 0. The Balaban J connectivity index is 2.69. The number of anilines is 1. The zero-order chi connectivity index (χ0) is 12.0. The minimum absolute atomic E-state index is 0.256. The van der Waals surface area contributed by atoms with Gasteiger partial charge in [0.05, 0.1) is 22.3 Å². The lowest BCUT2D eigenvalue weighted by atomic mass is 10.2. The van der Waals surface area contributed by atoms with Crippen molar-refractivity contribution in [3.05, 3.63) is 28.8 Å². The van der Waals surface area contributed by atoms with E-state index in [1.165, 1.54) is 0 Å². The molecule has 1 unspecified atom stereocenters. The molecule has 0 spiro atoms. The summed E-state index contributed by atoms with van der Waals surface area (Å²) in [6, 6.07) is 7.53. The first-order valence-corrected chi connectivity index (χ1v) is 5.50. The number of benzene rings is 1. The first-order chi connectivity index (χ1) is 7.67. The number of methoxy groups -OCH3 is 1. The molecule has 1 rings (SSSR count). The molecule has 1 N–H and O–H groups in total. The first-order valence-electron chi connectivity index (χ1n) is 5.12. The molecule has 86 valence electrons. The molecule has 0 heterocycles. The monoisotopic (exact) mass is 238 g/mol. The molecule has 0 bridgehead atoms. The summed E-state index contributed by atoms with van der Waals surface area (Å²) in [6.07, 6.45) is 0.892. The molecule has 3 nitrogen and oxygen atoms in total. The lowest BCUT2D eigenvalue weighted by Gasteiger charge is -2.15. The van der Waals surface area contributed by atoms with E-state index < -0.39 is 0 Å². The quantitative estimate of drug-likeness (QED) is 0.858. The Morgan fingerprint density at radius 3 is 2.94 bits per heavy atom. The van der Waals surface area contributed by atoms with Crippen LogP contribution in [0.4, 0.5) is 5.69 Å². The molecule has 1 aromatic rings. The molecule has 1 atom stereocenters. The van der Waals surface area contributed by atoms with Gasteiger partial charge in [-0.25, -0.2) is 0 Å². The summed E-state index contributed by atoms with van der Waals surface area (Å²) in [6.45, 7) is 2.75. The van der Waals surface area contributed by atoms with Crippen molar-refractivity contribution in [3.63, 3.8) is 0 Å². The van der Waals surface area contributed by atoms with E-state index in [0.717, 1.165) is 12.1 Å². The van der Waals surface area contributed by atoms with E-state index in [9.17, 15) is 0 Å². The molecule has 0 amide bonds. The standard InChI is InChI=1S/C12H15ClN2O/c1-9(5-6-16-2)15-12-7-10(8-14)3-4-11(12)13/h3-4,7,9,15H,5-6H2,1-2H3. The molecule has 0 saturated heterocycles. The van der Waals surface area contributed by atoms with Crippen LogP contribution < -0.4 is 5.32 Å². The van der Waals surface area contributed by atoms with E-state index >= 15 is 0 Å². The minimum Gasteiger partial charge on any atom is -0.385 e. The van der Waals surface area contributed by atoms with Gasteiger partial charge in [-0.1, -0.05) is 11.6 Å². The van der Waals surface area contributed by atoms with Crippen molar-refractivity contribution in [3.8, 4) is 6.07 Å². The van der Waals surface area contributed by atoms with E-state index in [2.05, 4.69) is 11.4 Å². The summed E-state index contributed by atoms with van der Waals surface area (Å²) in [7, 11) is 1.68. The highest BCUT2D eigenvalue weighted by Crippen LogP contribution is 2.23. The van der Waals surface area contributed by atoms with Crippen molar-refractivity contribution in [1.82, 2.24) is 0 Å². The second-order valence-corrected chi connectivity index (χ2v) is 4.04. The van der Waals surface area contributed by atoms with Gasteiger partial charge in [-0.15, -0.1) is 0 Å². The van der Waals surface area contributed by atoms with Crippen molar-refractivity contribution >= 4 is 17.3 Å². The molecule has 0 aromatic heterocycles. The average Bonchev–Trinajstić information content (AvgIpc) is 2.29. The van der Waals surface area contributed by atoms with Crippen molar-refractivity contribution in [2.45, 2.75) is 19.4 Å². The second kappa shape index (κ2) is 6.37. The van der Waals surface area contributed by atoms with Crippen molar-refractivity contribution in [2.75, 3.05) is 19.0 Å². The molecular weight excluding hydrogens is 224 g/mol. The van der Waals surface area contributed by atoms with E-state index in [1.54, 1.807) is 25.3 Å². The van der Waals surface area contributed by atoms with Gasteiger partial charge in [-0.2, -0.15) is 5.26 Å². The molecule has 0 aliphatic heterocycles. The largest absolute Gasteiger partial charge is 0.385 e. The Morgan fingerprint density at radius 2 is 2.31 bits per heavy atom. The molecule has 0 saturated carbocycles. The number of ether oxygens (including phenoxy) is 1. The average molecular weight is 239 g/mol. The van der Waals surface area contributed by atoms with Crippen LogP contribution in [0.25, 0.3) is 0 Å². The van der Waals surface area contributed by atoms with Gasteiger partial charge in [-0.05, 0) is 31.5 Å². The van der Waals surface area contributed by atoms with Gasteiger partial charge < -0.3 is 10.1 Å². The summed E-state index contributed by atoms with van der Waals surface area (Å²) in [5.74, 6) is 0. The number of nitrogens with zero attached hydrogens (tertiary/aromatic N) is 1. The highest BCUT2D eigenvalue weighted by molar-refractivity contribution is 6.33. The molecule has 0 aliphatic carbocycles. The molecule has 0 fully saturated rings. The highest BCUT2D eigenvalue weighted by atomic mass is 35.5. The predicted molar refractivity (Wildman–Crippen MR) is 65.7 cm³/mol. The maximum Gasteiger partial charge on any atom is 0.0992 e. The topological polar surface area (TPSA) is 45.0 Å². The summed E-state index contributed by atoms with van der Waals surface area (Å²) >= 11 is 6.03. The van der Waals surface area contributed by atoms with Crippen LogP contribution in [-0.4, -0.2) is 19.8 Å². The van der Waals surface area contributed by atoms with Crippen LogP contribution in [0.15, 0.2) is 18.2 Å². The lowest BCUT2D eigenvalue weighted by molar-refractivity contribution is 0.191. The Bertz CT molecular complexity index is 387. The third kappa shape index (κ3) is 3.73. The maximum atomic E-state index is 8.79. The van der Waals surface area contributed by atoms with E-state index in [1.807, 2.05) is 6.92 Å². The van der Waals surface area contributed by atoms with Crippen LogP contribution in [0.5, 0.6) is 0 Å². The Morgan fingerprint density at radius 1 is 1.56 bits per heavy atom. The van der Waals surface area contributed by atoms with E-state index in [0.29, 0.717) is 17.2 Å². The van der Waals surface area contributed by atoms with Crippen LogP contribution in [0.1, 0.15) is 18.9 Å². The fourth-order valence-electron chi connectivity index (χ4n) is 1.34. The maximum absolute atomic E-state index is 8.79. The molecular formula is C12H15ClN2O. The minimum atomic E-state index is 0.256. The first kappa shape index (κ1) is 12.8. The summed E-state index contributed by atoms with van der Waals surface area (Å²) in [5.41, 5.74) is 1.40. The van der Waals surface area contributed by atoms with Gasteiger partial charge in [0.1, 0.15) is 0 Å². The van der Waals surface area contributed by atoms with Gasteiger partial charge in [0.15, 0.2) is 0 Å². The summed E-state index contributed by atoms with van der Waals surface area (Å²) < 4.78 is 5.00. The Hall–Kier alpha value is -1.24. The molecule has 16 heavy (non-hydrogen) atoms. The third-order valence-corrected chi connectivity index (χ3v) is 2.58. The SMILES string of the molecule is COCCC(C)Nc1cc(C#N)ccc1Cl. The predicted octanol–water partition coefficient (Wildman–Crippen LogP) is 3.05. The number of rotatable bonds is 5. The van der Waals surface area contributed by atoms with Gasteiger partial charge in [-0.3, -0.25) is 0 Å². The number of nitriles is 1. The number of nitrogens with one attached hydrogen (secondary N) is 1. The van der Waals surface area contributed by atoms with Gasteiger partial charge in [0.2, 0.25) is 0 Å². The fourth-order valence-corrected chi connectivity index (χ4v) is 1.51. The van der Waals surface area contributed by atoms with Crippen LogP contribution in [0.3, 0.4) is 0 Å². The number of halogens is 1. The van der Waals surface area contributed by atoms with E-state index in [-0.39, 0.29) is 6.04 Å². The van der Waals surface area contributed by atoms with Crippen molar-refractivity contribution in [2.24, 2.45) is 0 Å². The smallest absolute Gasteiger partial charge is 0.0992 e. The highest BCUT2D eigenvalue weighted by Gasteiger charge is 2.06. The fraction of sp³-hybridized carbons (Fsp3) is 0.417. The summed E-state index contributed by atoms with van der Waals surface area (Å²) in [5, 5.41) is 12.7. The molecule has 0 radical (unpaired) electrons. The van der Waals surface area contributed by atoms with Crippen molar-refractivity contribution in [1.29, 1.82) is 5.26 Å². The van der Waals surface area contributed by atoms with Crippen LogP contribution in [-0.2, 0) is 4.74 Å². The second-order valence-electron chi connectivity index (χ2n) is 3.63. The molecule has 4 heteroatoms. The van der Waals surface area contributed by atoms with Gasteiger partial charge in [0.25, 0.3) is 0 Å². The zero-order valence-corrected chi connectivity index (χ0v) is 10.2. The van der Waals surface area contributed by atoms with Crippen LogP contribution >= 0.6 is 11.6 Å².